The molecule has 0 heterocycles. The predicted octanol–water partition coefficient (Wildman–Crippen LogP) is 4.14. The molecule has 1 amide bonds. The first-order valence-corrected chi connectivity index (χ1v) is 7.83. The van der Waals surface area contributed by atoms with Crippen LogP contribution in [0.15, 0.2) is 36.4 Å². The van der Waals surface area contributed by atoms with Crippen LogP contribution in [0.4, 0.5) is 5.69 Å². The lowest BCUT2D eigenvalue weighted by molar-refractivity contribution is -0.118. The second-order valence-corrected chi connectivity index (χ2v) is 6.01. The van der Waals surface area contributed by atoms with E-state index in [2.05, 4.69) is 5.32 Å². The minimum atomic E-state index is -0.337. The van der Waals surface area contributed by atoms with Crippen LogP contribution in [0.3, 0.4) is 0 Å². The molecule has 23 heavy (non-hydrogen) atoms. The lowest BCUT2D eigenvalue weighted by Crippen LogP contribution is -2.20. The monoisotopic (exact) mass is 349 g/mol. The first-order chi connectivity index (χ1) is 11.0. The highest BCUT2D eigenvalue weighted by molar-refractivity contribution is 6.36. The van der Waals surface area contributed by atoms with E-state index in [0.717, 1.165) is 5.56 Å². The van der Waals surface area contributed by atoms with Gasteiger partial charge in [-0.1, -0.05) is 35.3 Å². The number of fused-ring (bicyclic) bond motifs is 1. The molecule has 3 rings (SSSR count). The van der Waals surface area contributed by atoms with Crippen molar-refractivity contribution in [2.45, 2.75) is 12.8 Å². The number of carbonyl (C=O) groups is 2. The highest BCUT2D eigenvalue weighted by atomic mass is 35.5. The third kappa shape index (κ3) is 3.49. The van der Waals surface area contributed by atoms with Crippen LogP contribution in [0.2, 0.25) is 10.0 Å². The zero-order valence-electron chi connectivity index (χ0n) is 12.1. The van der Waals surface area contributed by atoms with Gasteiger partial charge in [0, 0.05) is 22.6 Å². The minimum absolute atomic E-state index is 0.114. The lowest BCUT2D eigenvalue weighted by atomic mass is 10.1. The Balaban J connectivity index is 1.65. The van der Waals surface area contributed by atoms with Gasteiger partial charge >= 0.3 is 0 Å². The number of amides is 1. The summed E-state index contributed by atoms with van der Waals surface area (Å²) >= 11 is 11.8. The van der Waals surface area contributed by atoms with E-state index in [-0.39, 0.29) is 18.3 Å². The number of benzene rings is 2. The maximum atomic E-state index is 12.0. The van der Waals surface area contributed by atoms with Crippen LogP contribution in [0.25, 0.3) is 0 Å². The Hall–Kier alpha value is -2.04. The Kier molecular flexibility index (Phi) is 4.55. The summed E-state index contributed by atoms with van der Waals surface area (Å²) in [5, 5.41) is 3.52. The van der Waals surface area contributed by atoms with Crippen LogP contribution in [-0.2, 0) is 11.2 Å². The third-order valence-corrected chi connectivity index (χ3v) is 4.15. The molecule has 2 aromatic carbocycles. The highest BCUT2D eigenvalue weighted by Gasteiger charge is 2.22. The normalized spacial score (nSPS) is 12.9. The SMILES string of the molecule is O=C(COc1cccc2c1CCC2=O)Nc1ccc(Cl)cc1Cl. The van der Waals surface area contributed by atoms with Crippen molar-refractivity contribution < 1.29 is 14.3 Å². The fraction of sp³-hybridized carbons (Fsp3) is 0.176. The van der Waals surface area contributed by atoms with Gasteiger partial charge in [0.1, 0.15) is 5.75 Å². The average Bonchev–Trinajstić information content (AvgIpc) is 2.90. The third-order valence-electron chi connectivity index (χ3n) is 3.60. The highest BCUT2D eigenvalue weighted by Crippen LogP contribution is 2.30. The Labute approximate surface area is 143 Å². The quantitative estimate of drug-likeness (QED) is 0.902. The largest absolute Gasteiger partial charge is 0.483 e. The summed E-state index contributed by atoms with van der Waals surface area (Å²) in [6.07, 6.45) is 1.14. The molecule has 4 nitrogen and oxygen atoms in total. The molecule has 0 aliphatic heterocycles. The van der Waals surface area contributed by atoms with Crippen molar-refractivity contribution in [2.24, 2.45) is 0 Å². The minimum Gasteiger partial charge on any atom is -0.483 e. The van der Waals surface area contributed by atoms with Crippen molar-refractivity contribution in [3.63, 3.8) is 0 Å². The number of nitrogens with one attached hydrogen (secondary N) is 1. The number of Topliss-reactive ketones (excluding diaryl/α,β-unsaturated/α-hetero) is 1. The Bertz CT molecular complexity index is 789. The predicted molar refractivity (Wildman–Crippen MR) is 89.7 cm³/mol. The van der Waals surface area contributed by atoms with Crippen molar-refractivity contribution in [1.29, 1.82) is 0 Å². The zero-order chi connectivity index (χ0) is 16.4. The van der Waals surface area contributed by atoms with E-state index in [1.54, 1.807) is 36.4 Å². The van der Waals surface area contributed by atoms with Gasteiger partial charge in [0.2, 0.25) is 0 Å². The Morgan fingerprint density at radius 3 is 2.78 bits per heavy atom. The molecule has 118 valence electrons. The zero-order valence-corrected chi connectivity index (χ0v) is 13.6. The van der Waals surface area contributed by atoms with E-state index in [1.165, 1.54) is 0 Å². The van der Waals surface area contributed by atoms with Gasteiger partial charge < -0.3 is 10.1 Å². The van der Waals surface area contributed by atoms with Gasteiger partial charge in [0.25, 0.3) is 5.91 Å². The summed E-state index contributed by atoms with van der Waals surface area (Å²) in [6, 6.07) is 10.1. The topological polar surface area (TPSA) is 55.4 Å². The van der Waals surface area contributed by atoms with Crippen molar-refractivity contribution in [1.82, 2.24) is 0 Å². The molecule has 0 bridgehead atoms. The van der Waals surface area contributed by atoms with E-state index in [9.17, 15) is 9.59 Å². The van der Waals surface area contributed by atoms with Crippen molar-refractivity contribution in [2.75, 3.05) is 11.9 Å². The first kappa shape index (κ1) is 15.8. The van der Waals surface area contributed by atoms with Crippen LogP contribution < -0.4 is 10.1 Å². The Morgan fingerprint density at radius 2 is 2.00 bits per heavy atom. The number of ketones is 1. The number of hydrogen-bond acceptors (Lipinski definition) is 3. The molecule has 1 aliphatic carbocycles. The molecule has 0 radical (unpaired) electrons. The van der Waals surface area contributed by atoms with Gasteiger partial charge in [0.15, 0.2) is 12.4 Å². The number of halogens is 2. The number of anilines is 1. The number of carbonyl (C=O) groups excluding carboxylic acids is 2. The molecule has 0 spiro atoms. The van der Waals surface area contributed by atoms with E-state index in [0.29, 0.717) is 39.9 Å². The first-order valence-electron chi connectivity index (χ1n) is 7.07. The molecular formula is C17H13Cl2NO3. The summed E-state index contributed by atoms with van der Waals surface area (Å²) in [5.41, 5.74) is 2.02. The smallest absolute Gasteiger partial charge is 0.262 e. The van der Waals surface area contributed by atoms with Crippen LogP contribution in [0.1, 0.15) is 22.3 Å². The fourth-order valence-electron chi connectivity index (χ4n) is 2.51. The van der Waals surface area contributed by atoms with Crippen LogP contribution in [0, 0.1) is 0 Å². The maximum absolute atomic E-state index is 12.0. The maximum Gasteiger partial charge on any atom is 0.262 e. The molecule has 0 fully saturated rings. The van der Waals surface area contributed by atoms with Crippen molar-refractivity contribution >= 4 is 40.6 Å². The van der Waals surface area contributed by atoms with Gasteiger partial charge in [-0.25, -0.2) is 0 Å². The average molecular weight is 350 g/mol. The van der Waals surface area contributed by atoms with E-state index < -0.39 is 0 Å². The number of rotatable bonds is 4. The van der Waals surface area contributed by atoms with Gasteiger partial charge in [0.05, 0.1) is 10.7 Å². The summed E-state index contributed by atoms with van der Waals surface area (Å²) in [4.78, 5) is 23.7. The molecule has 0 saturated heterocycles. The van der Waals surface area contributed by atoms with Gasteiger partial charge in [-0.2, -0.15) is 0 Å². The summed E-state index contributed by atoms with van der Waals surface area (Å²) in [7, 11) is 0. The lowest BCUT2D eigenvalue weighted by Gasteiger charge is -2.11. The summed E-state index contributed by atoms with van der Waals surface area (Å²) in [5.74, 6) is 0.352. The van der Waals surface area contributed by atoms with Crippen molar-refractivity contribution in [3.05, 3.63) is 57.6 Å². The fourth-order valence-corrected chi connectivity index (χ4v) is 2.97. The molecule has 2 aromatic rings. The van der Waals surface area contributed by atoms with E-state index >= 15 is 0 Å². The molecule has 1 aliphatic rings. The van der Waals surface area contributed by atoms with Gasteiger partial charge in [-0.05, 0) is 30.7 Å². The molecular weight excluding hydrogens is 337 g/mol. The van der Waals surface area contributed by atoms with E-state index in [1.807, 2.05) is 0 Å². The molecule has 0 saturated carbocycles. The summed E-state index contributed by atoms with van der Waals surface area (Å²) < 4.78 is 5.56. The van der Waals surface area contributed by atoms with Crippen LogP contribution in [-0.4, -0.2) is 18.3 Å². The van der Waals surface area contributed by atoms with Crippen LogP contribution >= 0.6 is 23.2 Å². The molecule has 0 unspecified atom stereocenters. The second kappa shape index (κ2) is 6.60. The molecule has 0 atom stereocenters. The van der Waals surface area contributed by atoms with Gasteiger partial charge in [-0.3, -0.25) is 9.59 Å². The molecule has 1 N–H and O–H groups in total. The molecule has 6 heteroatoms. The van der Waals surface area contributed by atoms with Crippen LogP contribution in [0.5, 0.6) is 5.75 Å². The van der Waals surface area contributed by atoms with Gasteiger partial charge in [-0.15, -0.1) is 0 Å². The standard InChI is InChI=1S/C17H13Cl2NO3/c18-10-4-6-14(13(19)8-10)20-17(22)9-23-16-3-1-2-11-12(16)5-7-15(11)21/h1-4,6,8H,5,7,9H2,(H,20,22). The molecule has 0 aromatic heterocycles. The van der Waals surface area contributed by atoms with Crippen molar-refractivity contribution in [3.8, 4) is 5.75 Å². The Morgan fingerprint density at radius 1 is 1.17 bits per heavy atom. The second-order valence-electron chi connectivity index (χ2n) is 5.17. The van der Waals surface area contributed by atoms with E-state index in [4.69, 9.17) is 27.9 Å². The summed E-state index contributed by atoms with van der Waals surface area (Å²) in [6.45, 7) is -0.163. The number of hydrogen-bond donors (Lipinski definition) is 1. The number of ether oxygens (including phenoxy) is 1.